The van der Waals surface area contributed by atoms with Gasteiger partial charge in [-0.15, -0.1) is 0 Å². The fourth-order valence-corrected chi connectivity index (χ4v) is 2.27. The second-order valence-electron chi connectivity index (χ2n) is 4.41. The molecule has 0 saturated carbocycles. The van der Waals surface area contributed by atoms with Gasteiger partial charge < -0.3 is 4.74 Å². The van der Waals surface area contributed by atoms with Crippen LogP contribution in [0.5, 0.6) is 0 Å². The Bertz CT molecular complexity index is 317. The predicted molar refractivity (Wildman–Crippen MR) is 58.6 cm³/mol. The van der Waals surface area contributed by atoms with E-state index in [1.807, 2.05) is 0 Å². The van der Waals surface area contributed by atoms with Gasteiger partial charge in [-0.1, -0.05) is 31.2 Å². The van der Waals surface area contributed by atoms with Gasteiger partial charge in [-0.05, 0) is 31.4 Å². The number of ether oxygens (including phenoxy) is 1. The summed E-state index contributed by atoms with van der Waals surface area (Å²) in [5, 5.41) is 0. The van der Waals surface area contributed by atoms with E-state index in [9.17, 15) is 0 Å². The van der Waals surface area contributed by atoms with E-state index in [-0.39, 0.29) is 0 Å². The Kier molecular flexibility index (Phi) is 2.60. The van der Waals surface area contributed by atoms with Gasteiger partial charge in [0.2, 0.25) is 0 Å². The van der Waals surface area contributed by atoms with Gasteiger partial charge in [0.15, 0.2) is 0 Å². The molecule has 1 aromatic carbocycles. The third-order valence-corrected chi connectivity index (χ3v) is 2.97. The van der Waals surface area contributed by atoms with Crippen molar-refractivity contribution in [1.29, 1.82) is 0 Å². The number of hydrogen-bond acceptors (Lipinski definition) is 1. The zero-order valence-corrected chi connectivity index (χ0v) is 9.16. The molecule has 0 fully saturated rings. The second kappa shape index (κ2) is 3.74. The van der Waals surface area contributed by atoms with Crippen molar-refractivity contribution in [2.24, 2.45) is 0 Å². The summed E-state index contributed by atoms with van der Waals surface area (Å²) < 4.78 is 5.91. The first-order valence-corrected chi connectivity index (χ1v) is 5.41. The lowest BCUT2D eigenvalue weighted by molar-refractivity contribution is 0.00228. The molecule has 0 amide bonds. The van der Waals surface area contributed by atoms with E-state index in [0.717, 1.165) is 6.42 Å². The highest BCUT2D eigenvalue weighted by atomic mass is 16.5. The van der Waals surface area contributed by atoms with Crippen molar-refractivity contribution >= 4 is 0 Å². The van der Waals surface area contributed by atoms with Crippen molar-refractivity contribution in [2.45, 2.75) is 45.3 Å². The lowest BCUT2D eigenvalue weighted by Gasteiger charge is -2.19. The lowest BCUT2D eigenvalue weighted by Crippen LogP contribution is -2.20. The average molecular weight is 190 g/mol. The summed E-state index contributed by atoms with van der Waals surface area (Å²) in [5.41, 5.74) is 2.93. The molecule has 0 aromatic heterocycles. The molecular formula is C13H18O. The van der Waals surface area contributed by atoms with Crippen molar-refractivity contribution in [2.75, 3.05) is 0 Å². The Hall–Kier alpha value is -0.820. The molecule has 0 aliphatic heterocycles. The first kappa shape index (κ1) is 9.72. The minimum absolute atomic E-state index is 0.330. The Morgan fingerprint density at radius 1 is 1.29 bits per heavy atom. The van der Waals surface area contributed by atoms with Crippen LogP contribution >= 0.6 is 0 Å². The van der Waals surface area contributed by atoms with Crippen molar-refractivity contribution in [3.05, 3.63) is 35.4 Å². The molecule has 2 atom stereocenters. The van der Waals surface area contributed by atoms with Crippen molar-refractivity contribution < 1.29 is 4.74 Å². The number of hydrogen-bond donors (Lipinski definition) is 0. The van der Waals surface area contributed by atoms with Gasteiger partial charge in [0.25, 0.3) is 0 Å². The predicted octanol–water partition coefficient (Wildman–Crippen LogP) is 3.14. The first-order chi connectivity index (χ1) is 6.68. The van der Waals surface area contributed by atoms with Crippen LogP contribution in [-0.2, 0) is 11.2 Å². The van der Waals surface area contributed by atoms with Gasteiger partial charge in [-0.2, -0.15) is 0 Å². The first-order valence-electron chi connectivity index (χ1n) is 5.41. The molecule has 0 saturated heterocycles. The molecule has 0 N–H and O–H groups in total. The van der Waals surface area contributed by atoms with Crippen LogP contribution < -0.4 is 0 Å². The Labute approximate surface area is 86.1 Å². The molecule has 2 rings (SSSR count). The zero-order chi connectivity index (χ0) is 10.1. The van der Waals surface area contributed by atoms with Crippen LogP contribution in [-0.4, -0.2) is 12.2 Å². The van der Waals surface area contributed by atoms with Crippen LogP contribution in [0.4, 0.5) is 0 Å². The molecule has 0 spiro atoms. The monoisotopic (exact) mass is 190 g/mol. The van der Waals surface area contributed by atoms with Crippen LogP contribution in [0, 0.1) is 0 Å². The molecule has 76 valence electrons. The maximum absolute atomic E-state index is 5.91. The SMILES string of the molecule is CC(C)OC1Cc2ccccc2C1C. The molecule has 0 bridgehead atoms. The molecule has 0 heterocycles. The number of rotatable bonds is 2. The van der Waals surface area contributed by atoms with Crippen LogP contribution in [0.2, 0.25) is 0 Å². The van der Waals surface area contributed by atoms with Gasteiger partial charge in [0.05, 0.1) is 12.2 Å². The quantitative estimate of drug-likeness (QED) is 0.696. The standard InChI is InChI=1S/C13H18O/c1-9(2)14-13-8-11-6-4-5-7-12(11)10(13)3/h4-7,9-10,13H,8H2,1-3H3. The van der Waals surface area contributed by atoms with Gasteiger partial charge in [0.1, 0.15) is 0 Å². The minimum atomic E-state index is 0.330. The summed E-state index contributed by atoms with van der Waals surface area (Å²) in [4.78, 5) is 0. The molecule has 1 heteroatoms. The van der Waals surface area contributed by atoms with Crippen LogP contribution in [0.15, 0.2) is 24.3 Å². The minimum Gasteiger partial charge on any atom is -0.375 e. The summed E-state index contributed by atoms with van der Waals surface area (Å²) in [6.45, 7) is 6.48. The third-order valence-electron chi connectivity index (χ3n) is 2.97. The highest BCUT2D eigenvalue weighted by Crippen LogP contribution is 2.34. The van der Waals surface area contributed by atoms with Crippen molar-refractivity contribution in [3.8, 4) is 0 Å². The topological polar surface area (TPSA) is 9.23 Å². The lowest BCUT2D eigenvalue weighted by atomic mass is 10.0. The van der Waals surface area contributed by atoms with Gasteiger partial charge >= 0.3 is 0 Å². The molecule has 14 heavy (non-hydrogen) atoms. The van der Waals surface area contributed by atoms with E-state index in [1.165, 1.54) is 11.1 Å². The normalized spacial score (nSPS) is 25.4. The highest BCUT2D eigenvalue weighted by molar-refractivity contribution is 5.36. The number of fused-ring (bicyclic) bond motifs is 1. The molecule has 1 aliphatic rings. The molecule has 1 aliphatic carbocycles. The third kappa shape index (κ3) is 1.69. The second-order valence-corrected chi connectivity index (χ2v) is 4.41. The zero-order valence-electron chi connectivity index (χ0n) is 9.16. The summed E-state index contributed by atoms with van der Waals surface area (Å²) in [6, 6.07) is 8.68. The van der Waals surface area contributed by atoms with Crippen LogP contribution in [0.25, 0.3) is 0 Å². The van der Waals surface area contributed by atoms with Gasteiger partial charge in [-0.3, -0.25) is 0 Å². The van der Waals surface area contributed by atoms with Gasteiger partial charge in [-0.25, -0.2) is 0 Å². The van der Waals surface area contributed by atoms with E-state index in [0.29, 0.717) is 18.1 Å². The van der Waals surface area contributed by atoms with E-state index in [2.05, 4.69) is 45.0 Å². The smallest absolute Gasteiger partial charge is 0.0684 e. The van der Waals surface area contributed by atoms with Gasteiger partial charge in [0, 0.05) is 5.92 Å². The molecule has 0 radical (unpaired) electrons. The Balaban J connectivity index is 2.17. The highest BCUT2D eigenvalue weighted by Gasteiger charge is 2.29. The van der Waals surface area contributed by atoms with E-state index < -0.39 is 0 Å². The average Bonchev–Trinajstić information content (AvgIpc) is 2.44. The summed E-state index contributed by atoms with van der Waals surface area (Å²) in [7, 11) is 0. The number of benzene rings is 1. The summed E-state index contributed by atoms with van der Waals surface area (Å²) in [6.07, 6.45) is 1.79. The van der Waals surface area contributed by atoms with Crippen LogP contribution in [0.1, 0.15) is 37.8 Å². The maximum atomic E-state index is 5.91. The fourth-order valence-electron chi connectivity index (χ4n) is 2.27. The largest absolute Gasteiger partial charge is 0.375 e. The Morgan fingerprint density at radius 2 is 2.00 bits per heavy atom. The van der Waals surface area contributed by atoms with Crippen molar-refractivity contribution in [3.63, 3.8) is 0 Å². The maximum Gasteiger partial charge on any atom is 0.0684 e. The summed E-state index contributed by atoms with van der Waals surface area (Å²) >= 11 is 0. The van der Waals surface area contributed by atoms with E-state index in [4.69, 9.17) is 4.74 Å². The fraction of sp³-hybridized carbons (Fsp3) is 0.538. The molecular weight excluding hydrogens is 172 g/mol. The molecule has 2 unspecified atom stereocenters. The summed E-state index contributed by atoms with van der Waals surface area (Å²) in [5.74, 6) is 0.550. The Morgan fingerprint density at radius 3 is 2.64 bits per heavy atom. The molecule has 1 aromatic rings. The van der Waals surface area contributed by atoms with Crippen molar-refractivity contribution in [1.82, 2.24) is 0 Å². The van der Waals surface area contributed by atoms with Crippen LogP contribution in [0.3, 0.4) is 0 Å². The van der Waals surface area contributed by atoms with E-state index >= 15 is 0 Å². The molecule has 1 nitrogen and oxygen atoms in total. The van der Waals surface area contributed by atoms with E-state index in [1.54, 1.807) is 0 Å².